The molecule has 3 N–H and O–H groups in total. The molecule has 0 bridgehead atoms. The van der Waals surface area contributed by atoms with Gasteiger partial charge < -0.3 is 16.0 Å². The Balaban J connectivity index is 2.36. The lowest BCUT2D eigenvalue weighted by molar-refractivity contribution is 0.0956. The minimum Gasteiger partial charge on any atom is -0.352 e. The molecule has 0 radical (unpaired) electrons. The highest BCUT2D eigenvalue weighted by Crippen LogP contribution is 2.17. The lowest BCUT2D eigenvalue weighted by Crippen LogP contribution is -2.30. The van der Waals surface area contributed by atoms with Crippen molar-refractivity contribution in [2.45, 2.75) is 59.8 Å². The van der Waals surface area contributed by atoms with E-state index in [0.29, 0.717) is 24.3 Å². The summed E-state index contributed by atoms with van der Waals surface area (Å²) in [5.74, 6) is 0.634. The van der Waals surface area contributed by atoms with E-state index >= 15 is 0 Å². The number of amides is 3. The molecule has 5 heteroatoms. The summed E-state index contributed by atoms with van der Waals surface area (Å²) in [5, 5.41) is 8.48. The molecule has 0 heterocycles. The van der Waals surface area contributed by atoms with Crippen molar-refractivity contribution in [1.82, 2.24) is 10.6 Å². The number of nitrogens with one attached hydrogen (secondary N) is 3. The summed E-state index contributed by atoms with van der Waals surface area (Å²) in [7, 11) is 0. The van der Waals surface area contributed by atoms with Crippen molar-refractivity contribution in [3.8, 4) is 0 Å². The smallest absolute Gasteiger partial charge is 0.319 e. The van der Waals surface area contributed by atoms with E-state index < -0.39 is 0 Å². The van der Waals surface area contributed by atoms with Gasteiger partial charge in [-0.1, -0.05) is 45.6 Å². The molecule has 0 spiro atoms. The molecule has 140 valence electrons. The molecule has 0 fully saturated rings. The van der Waals surface area contributed by atoms with Crippen molar-refractivity contribution in [1.29, 1.82) is 0 Å². The fourth-order valence-corrected chi connectivity index (χ4v) is 2.56. The highest BCUT2D eigenvalue weighted by Gasteiger charge is 2.09. The van der Waals surface area contributed by atoms with E-state index in [1.807, 2.05) is 19.9 Å². The Bertz CT molecular complexity index is 556. The van der Waals surface area contributed by atoms with Gasteiger partial charge in [0.2, 0.25) is 0 Å². The second-order valence-electron chi connectivity index (χ2n) is 6.87. The van der Waals surface area contributed by atoms with Gasteiger partial charge in [0.25, 0.3) is 5.91 Å². The average molecular weight is 348 g/mol. The van der Waals surface area contributed by atoms with Gasteiger partial charge in [0.1, 0.15) is 0 Å². The molecule has 1 rings (SSSR count). The summed E-state index contributed by atoms with van der Waals surface area (Å²) in [4.78, 5) is 23.9. The SMILES string of the molecule is CCNC(=O)c1ccc(C)c(NC(=O)NCCCCCCC(C)C)c1. The molecule has 0 saturated heterocycles. The zero-order chi connectivity index (χ0) is 18.7. The Labute approximate surface area is 152 Å². The molecule has 0 saturated carbocycles. The molecule has 25 heavy (non-hydrogen) atoms. The number of hydrogen-bond donors (Lipinski definition) is 3. The number of hydrogen-bond acceptors (Lipinski definition) is 2. The number of unbranched alkanes of at least 4 members (excludes halogenated alkanes) is 3. The largest absolute Gasteiger partial charge is 0.352 e. The predicted octanol–water partition coefficient (Wildman–Crippen LogP) is 4.47. The van der Waals surface area contributed by atoms with Crippen LogP contribution in [0.4, 0.5) is 10.5 Å². The number of carbonyl (C=O) groups is 2. The molecule has 0 unspecified atom stereocenters. The number of benzene rings is 1. The third-order valence-corrected chi connectivity index (χ3v) is 4.08. The van der Waals surface area contributed by atoms with Crippen molar-refractivity contribution in [2.75, 3.05) is 18.4 Å². The van der Waals surface area contributed by atoms with E-state index in [4.69, 9.17) is 0 Å². The maximum atomic E-state index is 12.0. The monoisotopic (exact) mass is 347 g/mol. The first-order valence-corrected chi connectivity index (χ1v) is 9.37. The first-order chi connectivity index (χ1) is 11.9. The minimum atomic E-state index is -0.224. The van der Waals surface area contributed by atoms with Crippen molar-refractivity contribution < 1.29 is 9.59 Å². The molecular formula is C20H33N3O2. The van der Waals surface area contributed by atoms with Crippen LogP contribution in [0.25, 0.3) is 0 Å². The molecule has 0 aromatic heterocycles. The van der Waals surface area contributed by atoms with E-state index in [-0.39, 0.29) is 11.9 Å². The summed E-state index contributed by atoms with van der Waals surface area (Å²) in [5.41, 5.74) is 2.14. The predicted molar refractivity (Wildman–Crippen MR) is 104 cm³/mol. The quantitative estimate of drug-likeness (QED) is 0.546. The van der Waals surface area contributed by atoms with Gasteiger partial charge in [0, 0.05) is 24.3 Å². The van der Waals surface area contributed by atoms with Crippen LogP contribution in [0.15, 0.2) is 18.2 Å². The summed E-state index contributed by atoms with van der Waals surface area (Å²) < 4.78 is 0. The van der Waals surface area contributed by atoms with Crippen LogP contribution in [-0.2, 0) is 0 Å². The van der Waals surface area contributed by atoms with Crippen LogP contribution in [0.5, 0.6) is 0 Å². The van der Waals surface area contributed by atoms with Crippen LogP contribution in [0.3, 0.4) is 0 Å². The molecular weight excluding hydrogens is 314 g/mol. The number of aryl methyl sites for hydroxylation is 1. The molecule has 5 nitrogen and oxygen atoms in total. The van der Waals surface area contributed by atoms with Gasteiger partial charge in [-0.25, -0.2) is 4.79 Å². The lowest BCUT2D eigenvalue weighted by atomic mass is 10.0. The number of urea groups is 1. The van der Waals surface area contributed by atoms with Crippen molar-refractivity contribution in [3.63, 3.8) is 0 Å². The maximum Gasteiger partial charge on any atom is 0.319 e. The van der Waals surface area contributed by atoms with E-state index in [1.54, 1.807) is 12.1 Å². The van der Waals surface area contributed by atoms with Crippen LogP contribution >= 0.6 is 0 Å². The average Bonchev–Trinajstić information content (AvgIpc) is 2.56. The fourth-order valence-electron chi connectivity index (χ4n) is 2.56. The lowest BCUT2D eigenvalue weighted by Gasteiger charge is -2.12. The highest BCUT2D eigenvalue weighted by atomic mass is 16.2. The summed E-state index contributed by atoms with van der Waals surface area (Å²) in [6.45, 7) is 9.52. The number of rotatable bonds is 10. The van der Waals surface area contributed by atoms with Crippen molar-refractivity contribution >= 4 is 17.6 Å². The second kappa shape index (κ2) is 11.5. The number of anilines is 1. The first kappa shape index (κ1) is 21.0. The molecule has 1 aromatic carbocycles. The number of carbonyl (C=O) groups excluding carboxylic acids is 2. The van der Waals surface area contributed by atoms with Gasteiger partial charge in [0.05, 0.1) is 0 Å². The standard InChI is InChI=1S/C20H33N3O2/c1-5-21-19(24)17-12-11-16(4)18(14-17)23-20(25)22-13-9-7-6-8-10-15(2)3/h11-12,14-15H,5-10,13H2,1-4H3,(H,21,24)(H2,22,23,25). The van der Waals surface area contributed by atoms with Crippen LogP contribution in [-0.4, -0.2) is 25.0 Å². The molecule has 0 atom stereocenters. The van der Waals surface area contributed by atoms with Gasteiger partial charge in [-0.2, -0.15) is 0 Å². The van der Waals surface area contributed by atoms with E-state index in [9.17, 15) is 9.59 Å². The van der Waals surface area contributed by atoms with Crippen LogP contribution < -0.4 is 16.0 Å². The van der Waals surface area contributed by atoms with Crippen LogP contribution in [0.2, 0.25) is 0 Å². The molecule has 0 aliphatic rings. The third-order valence-electron chi connectivity index (χ3n) is 4.08. The maximum absolute atomic E-state index is 12.0. The normalized spacial score (nSPS) is 10.6. The molecule has 0 aliphatic heterocycles. The fraction of sp³-hybridized carbons (Fsp3) is 0.600. The van der Waals surface area contributed by atoms with Crippen LogP contribution in [0, 0.1) is 12.8 Å². The van der Waals surface area contributed by atoms with Crippen LogP contribution in [0.1, 0.15) is 68.8 Å². The topological polar surface area (TPSA) is 70.2 Å². The molecule has 0 aliphatic carbocycles. The summed E-state index contributed by atoms with van der Waals surface area (Å²) in [6.07, 6.45) is 5.88. The second-order valence-corrected chi connectivity index (χ2v) is 6.87. The zero-order valence-electron chi connectivity index (χ0n) is 16.1. The Morgan fingerprint density at radius 2 is 1.76 bits per heavy atom. The Morgan fingerprint density at radius 1 is 1.04 bits per heavy atom. The molecule has 3 amide bonds. The van der Waals surface area contributed by atoms with E-state index in [1.165, 1.54) is 19.3 Å². The van der Waals surface area contributed by atoms with Gasteiger partial charge in [-0.15, -0.1) is 0 Å². The van der Waals surface area contributed by atoms with Gasteiger partial charge in [-0.3, -0.25) is 4.79 Å². The highest BCUT2D eigenvalue weighted by molar-refractivity contribution is 5.97. The van der Waals surface area contributed by atoms with E-state index in [0.717, 1.165) is 24.3 Å². The zero-order valence-corrected chi connectivity index (χ0v) is 16.1. The summed E-state index contributed by atoms with van der Waals surface area (Å²) >= 11 is 0. The Hall–Kier alpha value is -2.04. The van der Waals surface area contributed by atoms with Gasteiger partial charge >= 0.3 is 6.03 Å². The molecule has 1 aromatic rings. The summed E-state index contributed by atoms with van der Waals surface area (Å²) in [6, 6.07) is 5.10. The van der Waals surface area contributed by atoms with Gasteiger partial charge in [-0.05, 0) is 43.9 Å². The van der Waals surface area contributed by atoms with E-state index in [2.05, 4.69) is 29.8 Å². The van der Waals surface area contributed by atoms with Crippen molar-refractivity contribution in [2.24, 2.45) is 5.92 Å². The Morgan fingerprint density at radius 3 is 2.44 bits per heavy atom. The third kappa shape index (κ3) is 8.57. The Kier molecular flexibility index (Phi) is 9.66. The van der Waals surface area contributed by atoms with Gasteiger partial charge in [0.15, 0.2) is 0 Å². The first-order valence-electron chi connectivity index (χ1n) is 9.37. The van der Waals surface area contributed by atoms with Crippen molar-refractivity contribution in [3.05, 3.63) is 29.3 Å². The minimum absolute atomic E-state index is 0.132.